The van der Waals surface area contributed by atoms with E-state index in [-0.39, 0.29) is 23.5 Å². The van der Waals surface area contributed by atoms with Crippen molar-refractivity contribution in [1.29, 1.82) is 0 Å². The lowest BCUT2D eigenvalue weighted by molar-refractivity contribution is -0.155. The molecule has 3 rings (SSSR count). The van der Waals surface area contributed by atoms with Gasteiger partial charge in [-0.05, 0) is 12.3 Å². The zero-order valence-electron chi connectivity index (χ0n) is 6.86. The molecule has 4 atom stereocenters. The molecule has 0 aromatic carbocycles. The molecule has 0 spiro atoms. The highest BCUT2D eigenvalue weighted by atomic mass is 16.6. The number of Topliss-reactive ketones (excluding diaryl/α,β-unsaturated/α-hetero) is 1. The Morgan fingerprint density at radius 3 is 2.54 bits per heavy atom. The molecule has 4 heteroatoms. The van der Waals surface area contributed by atoms with E-state index in [0.717, 1.165) is 6.42 Å². The zero-order chi connectivity index (χ0) is 9.16. The van der Waals surface area contributed by atoms with Crippen molar-refractivity contribution in [2.45, 2.75) is 12.8 Å². The Bertz CT molecular complexity index is 333. The van der Waals surface area contributed by atoms with Crippen LogP contribution in [0.15, 0.2) is 0 Å². The predicted octanol–water partition coefficient (Wildman–Crippen LogP) is -0.0889. The Hall–Kier alpha value is -1.19. The fourth-order valence-corrected chi connectivity index (χ4v) is 3.00. The molecule has 4 nitrogen and oxygen atoms in total. The van der Waals surface area contributed by atoms with E-state index in [1.165, 1.54) is 0 Å². The van der Waals surface area contributed by atoms with E-state index in [1.807, 2.05) is 0 Å². The maximum Gasteiger partial charge on any atom is 0.318 e. The second-order valence-corrected chi connectivity index (χ2v) is 4.06. The van der Waals surface area contributed by atoms with Gasteiger partial charge in [0.05, 0.1) is 11.8 Å². The normalized spacial score (nSPS) is 46.9. The monoisotopic (exact) mass is 180 g/mol. The Morgan fingerprint density at radius 2 is 1.77 bits per heavy atom. The summed E-state index contributed by atoms with van der Waals surface area (Å²) in [7, 11) is 0. The summed E-state index contributed by atoms with van der Waals surface area (Å²) in [6.07, 6.45) is 1.18. The van der Waals surface area contributed by atoms with Crippen LogP contribution in [0.4, 0.5) is 0 Å². The first-order valence-corrected chi connectivity index (χ1v) is 4.46. The van der Waals surface area contributed by atoms with Crippen LogP contribution < -0.4 is 0 Å². The lowest BCUT2D eigenvalue weighted by atomic mass is 9.80. The molecule has 1 aliphatic heterocycles. The molecule has 3 fully saturated rings. The molecule has 13 heavy (non-hydrogen) atoms. The van der Waals surface area contributed by atoms with Gasteiger partial charge in [0.15, 0.2) is 0 Å². The van der Waals surface area contributed by atoms with Crippen LogP contribution in [0, 0.1) is 23.7 Å². The SMILES string of the molecule is O=C1OC(=O)[C@H]2[C@H]1[C@H]1CC(=O)[C@@H]2C1. The van der Waals surface area contributed by atoms with Gasteiger partial charge in [0, 0.05) is 12.3 Å². The summed E-state index contributed by atoms with van der Waals surface area (Å²) in [5, 5.41) is 0. The van der Waals surface area contributed by atoms with Gasteiger partial charge in [-0.2, -0.15) is 0 Å². The highest BCUT2D eigenvalue weighted by molar-refractivity contribution is 6.03. The largest absolute Gasteiger partial charge is 0.393 e. The average molecular weight is 180 g/mol. The van der Waals surface area contributed by atoms with E-state index in [4.69, 9.17) is 0 Å². The summed E-state index contributed by atoms with van der Waals surface area (Å²) in [5.74, 6) is -1.60. The van der Waals surface area contributed by atoms with Crippen LogP contribution >= 0.6 is 0 Å². The molecule has 0 aromatic rings. The van der Waals surface area contributed by atoms with Gasteiger partial charge in [-0.15, -0.1) is 0 Å². The minimum absolute atomic E-state index is 0.0847. The van der Waals surface area contributed by atoms with Gasteiger partial charge in [0.2, 0.25) is 0 Å². The number of rotatable bonds is 0. The number of ketones is 1. The zero-order valence-corrected chi connectivity index (χ0v) is 6.86. The van der Waals surface area contributed by atoms with Gasteiger partial charge in [-0.1, -0.05) is 0 Å². The smallest absolute Gasteiger partial charge is 0.318 e. The second kappa shape index (κ2) is 2.00. The summed E-state index contributed by atoms with van der Waals surface area (Å²) < 4.78 is 4.53. The molecule has 68 valence electrons. The van der Waals surface area contributed by atoms with Crippen LogP contribution in [-0.2, 0) is 19.1 Å². The predicted molar refractivity (Wildman–Crippen MR) is 39.3 cm³/mol. The summed E-state index contributed by atoms with van der Waals surface area (Å²) in [6.45, 7) is 0. The number of hydrogen-bond donors (Lipinski definition) is 0. The first kappa shape index (κ1) is 7.24. The van der Waals surface area contributed by atoms with E-state index in [9.17, 15) is 14.4 Å². The fourth-order valence-electron chi connectivity index (χ4n) is 3.00. The average Bonchev–Trinajstić information content (AvgIpc) is 2.64. The Morgan fingerprint density at radius 1 is 1.08 bits per heavy atom. The Labute approximate surface area is 74.2 Å². The van der Waals surface area contributed by atoms with Crippen molar-refractivity contribution in [3.63, 3.8) is 0 Å². The molecular weight excluding hydrogens is 172 g/mol. The van der Waals surface area contributed by atoms with Gasteiger partial charge >= 0.3 is 11.9 Å². The molecule has 2 aliphatic carbocycles. The number of fused-ring (bicyclic) bond motifs is 5. The van der Waals surface area contributed by atoms with Crippen LogP contribution in [0.2, 0.25) is 0 Å². The van der Waals surface area contributed by atoms with Crippen LogP contribution in [-0.4, -0.2) is 17.7 Å². The molecule has 0 unspecified atom stereocenters. The molecule has 0 N–H and O–H groups in total. The van der Waals surface area contributed by atoms with Crippen molar-refractivity contribution >= 4 is 17.7 Å². The summed E-state index contributed by atoms with van der Waals surface area (Å²) in [4.78, 5) is 33.7. The fraction of sp³-hybridized carbons (Fsp3) is 0.667. The maximum absolute atomic E-state index is 11.3. The third-order valence-electron chi connectivity index (χ3n) is 3.51. The molecular formula is C9H8O4. The van der Waals surface area contributed by atoms with Crippen LogP contribution in [0.3, 0.4) is 0 Å². The highest BCUT2D eigenvalue weighted by Gasteiger charge is 2.62. The second-order valence-electron chi connectivity index (χ2n) is 4.06. The lowest BCUT2D eigenvalue weighted by Gasteiger charge is -2.16. The van der Waals surface area contributed by atoms with Crippen molar-refractivity contribution in [3.8, 4) is 0 Å². The van der Waals surface area contributed by atoms with Gasteiger partial charge in [0.25, 0.3) is 0 Å². The number of hydrogen-bond acceptors (Lipinski definition) is 4. The lowest BCUT2D eigenvalue weighted by Crippen LogP contribution is -2.30. The molecule has 3 aliphatic rings. The minimum Gasteiger partial charge on any atom is -0.393 e. The maximum atomic E-state index is 11.3. The Kier molecular flexibility index (Phi) is 1.11. The van der Waals surface area contributed by atoms with Crippen LogP contribution in [0.5, 0.6) is 0 Å². The van der Waals surface area contributed by atoms with E-state index in [0.29, 0.717) is 6.42 Å². The molecule has 0 aromatic heterocycles. The topological polar surface area (TPSA) is 60.4 Å². The number of cyclic esters (lactones) is 2. The van der Waals surface area contributed by atoms with Gasteiger partial charge in [0.1, 0.15) is 5.78 Å². The Balaban J connectivity index is 2.05. The first-order chi connectivity index (χ1) is 6.18. The van der Waals surface area contributed by atoms with Gasteiger partial charge in [-0.25, -0.2) is 0 Å². The number of esters is 2. The third-order valence-corrected chi connectivity index (χ3v) is 3.51. The minimum atomic E-state index is -0.476. The van der Waals surface area contributed by atoms with E-state index < -0.39 is 17.9 Å². The van der Waals surface area contributed by atoms with E-state index >= 15 is 0 Å². The molecule has 1 saturated heterocycles. The van der Waals surface area contributed by atoms with Gasteiger partial charge < -0.3 is 4.74 Å². The van der Waals surface area contributed by atoms with Gasteiger partial charge in [-0.3, -0.25) is 14.4 Å². The number of ether oxygens (including phenoxy) is 1. The van der Waals surface area contributed by atoms with Crippen molar-refractivity contribution in [2.24, 2.45) is 23.7 Å². The molecule has 2 bridgehead atoms. The highest BCUT2D eigenvalue weighted by Crippen LogP contribution is 2.53. The van der Waals surface area contributed by atoms with Crippen LogP contribution in [0.1, 0.15) is 12.8 Å². The summed E-state index contributed by atoms with van der Waals surface area (Å²) in [5.41, 5.74) is 0. The number of carbonyl (C=O) groups is 3. The summed E-state index contributed by atoms with van der Waals surface area (Å²) >= 11 is 0. The van der Waals surface area contributed by atoms with Crippen molar-refractivity contribution in [3.05, 3.63) is 0 Å². The molecule has 1 heterocycles. The quantitative estimate of drug-likeness (QED) is 0.386. The van der Waals surface area contributed by atoms with Crippen LogP contribution in [0.25, 0.3) is 0 Å². The summed E-state index contributed by atoms with van der Waals surface area (Å²) in [6, 6.07) is 0. The van der Waals surface area contributed by atoms with Crippen molar-refractivity contribution in [2.75, 3.05) is 0 Å². The molecule has 0 amide bonds. The van der Waals surface area contributed by atoms with Crippen molar-refractivity contribution < 1.29 is 19.1 Å². The standard InChI is InChI=1S/C9H8O4/c10-5-2-3-1-4(5)7-6(3)8(11)13-9(7)12/h3-4,6-7H,1-2H2/t3-,4+,6-,7-/m1/s1. The first-order valence-electron chi connectivity index (χ1n) is 4.46. The van der Waals surface area contributed by atoms with E-state index in [2.05, 4.69) is 4.74 Å². The third kappa shape index (κ3) is 0.692. The molecule has 2 saturated carbocycles. The number of carbonyl (C=O) groups excluding carboxylic acids is 3. The van der Waals surface area contributed by atoms with E-state index in [1.54, 1.807) is 0 Å². The molecule has 0 radical (unpaired) electrons. The van der Waals surface area contributed by atoms with Crippen molar-refractivity contribution in [1.82, 2.24) is 0 Å².